The lowest BCUT2D eigenvalue weighted by molar-refractivity contribution is 0.152. The maximum Gasteiger partial charge on any atom is -0.0112 e. The summed E-state index contributed by atoms with van der Waals surface area (Å²) in [5.74, 6) is 1.50. The van der Waals surface area contributed by atoms with Gasteiger partial charge in [-0.25, -0.2) is 0 Å². The highest BCUT2D eigenvalue weighted by Crippen LogP contribution is 2.52. The van der Waals surface area contributed by atoms with Crippen LogP contribution in [0.3, 0.4) is 0 Å². The molecule has 0 saturated heterocycles. The lowest BCUT2D eigenvalue weighted by atomic mass is 9.59. The zero-order valence-electron chi connectivity index (χ0n) is 10.5. The van der Waals surface area contributed by atoms with Gasteiger partial charge in [0.15, 0.2) is 0 Å². The Balaban J connectivity index is 2.23. The molecule has 0 aliphatic heterocycles. The molecule has 0 aromatic rings. The average Bonchev–Trinajstić information content (AvgIpc) is 2.17. The second kappa shape index (κ2) is 3.81. The highest BCUT2D eigenvalue weighted by Gasteiger charge is 2.40. The Morgan fingerprint density at radius 1 is 1.47 bits per heavy atom. The monoisotopic (exact) mass is 204 g/mol. The first-order chi connectivity index (χ1) is 7.03. The van der Waals surface area contributed by atoms with Crippen LogP contribution in [0.25, 0.3) is 0 Å². The fourth-order valence-corrected chi connectivity index (χ4v) is 3.35. The van der Waals surface area contributed by atoms with E-state index in [4.69, 9.17) is 0 Å². The number of fused-ring (bicyclic) bond motifs is 1. The van der Waals surface area contributed by atoms with Gasteiger partial charge in [0, 0.05) is 0 Å². The van der Waals surface area contributed by atoms with Crippen molar-refractivity contribution in [3.63, 3.8) is 0 Å². The molecule has 0 aromatic heterocycles. The van der Waals surface area contributed by atoms with Gasteiger partial charge in [0.05, 0.1) is 0 Å². The van der Waals surface area contributed by atoms with Crippen molar-refractivity contribution in [3.8, 4) is 0 Å². The second-order valence-electron chi connectivity index (χ2n) is 6.06. The lowest BCUT2D eigenvalue weighted by Crippen LogP contribution is -2.35. The molecule has 0 spiro atoms. The standard InChI is InChI=1S/C15H24/c1-11(2)13-7-9-15(4)8-5-6-12(3)14(15)10-13/h7,11,14H,3,5-6,8-10H2,1-2,4H3. The lowest BCUT2D eigenvalue weighted by Gasteiger charge is -2.46. The summed E-state index contributed by atoms with van der Waals surface area (Å²) in [6.07, 6.45) is 9.11. The van der Waals surface area contributed by atoms with Gasteiger partial charge >= 0.3 is 0 Å². The van der Waals surface area contributed by atoms with Gasteiger partial charge in [-0.2, -0.15) is 0 Å². The van der Waals surface area contributed by atoms with Gasteiger partial charge in [0.25, 0.3) is 0 Å². The van der Waals surface area contributed by atoms with Crippen LogP contribution in [-0.2, 0) is 0 Å². The van der Waals surface area contributed by atoms with E-state index in [0.29, 0.717) is 5.41 Å². The van der Waals surface area contributed by atoms with Crippen molar-refractivity contribution in [1.82, 2.24) is 0 Å². The Morgan fingerprint density at radius 2 is 2.20 bits per heavy atom. The SMILES string of the molecule is C=C1CCCC2(C)CC=C(C(C)C)CC12. The van der Waals surface area contributed by atoms with Crippen molar-refractivity contribution in [2.24, 2.45) is 17.3 Å². The Kier molecular flexibility index (Phi) is 2.79. The maximum absolute atomic E-state index is 4.31. The highest BCUT2D eigenvalue weighted by molar-refractivity contribution is 5.22. The van der Waals surface area contributed by atoms with Crippen molar-refractivity contribution >= 4 is 0 Å². The third kappa shape index (κ3) is 1.91. The molecule has 0 heteroatoms. The van der Waals surface area contributed by atoms with Gasteiger partial charge in [-0.15, -0.1) is 0 Å². The molecule has 0 amide bonds. The molecule has 0 N–H and O–H groups in total. The molecular weight excluding hydrogens is 180 g/mol. The molecule has 2 unspecified atom stereocenters. The molecule has 15 heavy (non-hydrogen) atoms. The minimum atomic E-state index is 0.535. The summed E-state index contributed by atoms with van der Waals surface area (Å²) in [4.78, 5) is 0. The summed E-state index contributed by atoms with van der Waals surface area (Å²) in [5, 5.41) is 0. The summed E-state index contributed by atoms with van der Waals surface area (Å²) in [6.45, 7) is 11.4. The summed E-state index contributed by atoms with van der Waals surface area (Å²) >= 11 is 0. The van der Waals surface area contributed by atoms with Gasteiger partial charge < -0.3 is 0 Å². The van der Waals surface area contributed by atoms with Crippen molar-refractivity contribution in [1.29, 1.82) is 0 Å². The van der Waals surface area contributed by atoms with Gasteiger partial charge in [-0.1, -0.05) is 44.6 Å². The third-order valence-corrected chi connectivity index (χ3v) is 4.59. The van der Waals surface area contributed by atoms with Crippen LogP contribution in [0.15, 0.2) is 23.8 Å². The molecule has 1 saturated carbocycles. The van der Waals surface area contributed by atoms with Gasteiger partial charge in [0.1, 0.15) is 0 Å². The molecule has 84 valence electrons. The quantitative estimate of drug-likeness (QED) is 0.542. The van der Waals surface area contributed by atoms with Crippen molar-refractivity contribution < 1.29 is 0 Å². The zero-order chi connectivity index (χ0) is 11.1. The van der Waals surface area contributed by atoms with E-state index < -0.39 is 0 Å². The molecular formula is C15H24. The molecule has 2 atom stereocenters. The van der Waals surface area contributed by atoms with Crippen LogP contribution in [-0.4, -0.2) is 0 Å². The molecule has 2 aliphatic rings. The van der Waals surface area contributed by atoms with E-state index in [1.54, 1.807) is 5.57 Å². The van der Waals surface area contributed by atoms with Gasteiger partial charge in [0.2, 0.25) is 0 Å². The summed E-state index contributed by atoms with van der Waals surface area (Å²) < 4.78 is 0. The van der Waals surface area contributed by atoms with Crippen molar-refractivity contribution in [2.75, 3.05) is 0 Å². The zero-order valence-corrected chi connectivity index (χ0v) is 10.5. The molecule has 0 radical (unpaired) electrons. The first-order valence-electron chi connectivity index (χ1n) is 6.39. The maximum atomic E-state index is 4.31. The van der Waals surface area contributed by atoms with Crippen LogP contribution < -0.4 is 0 Å². The predicted octanol–water partition coefficient (Wildman–Crippen LogP) is 4.73. The summed E-state index contributed by atoms with van der Waals surface area (Å²) in [7, 11) is 0. The minimum Gasteiger partial charge on any atom is -0.0995 e. The van der Waals surface area contributed by atoms with Crippen LogP contribution >= 0.6 is 0 Å². The normalized spacial score (nSPS) is 36.4. The molecule has 0 nitrogen and oxygen atoms in total. The first kappa shape index (κ1) is 11.0. The van der Waals surface area contributed by atoms with E-state index in [-0.39, 0.29) is 0 Å². The Bertz CT molecular complexity index is 295. The van der Waals surface area contributed by atoms with Crippen LogP contribution in [0, 0.1) is 17.3 Å². The summed E-state index contributed by atoms with van der Waals surface area (Å²) in [6, 6.07) is 0. The van der Waals surface area contributed by atoms with Gasteiger partial charge in [-0.05, 0) is 49.4 Å². The third-order valence-electron chi connectivity index (χ3n) is 4.59. The number of hydrogen-bond acceptors (Lipinski definition) is 0. The van der Waals surface area contributed by atoms with Gasteiger partial charge in [-0.3, -0.25) is 0 Å². The van der Waals surface area contributed by atoms with Crippen LogP contribution in [0.1, 0.15) is 52.9 Å². The number of hydrogen-bond donors (Lipinski definition) is 0. The van der Waals surface area contributed by atoms with Crippen LogP contribution in [0.2, 0.25) is 0 Å². The van der Waals surface area contributed by atoms with E-state index in [1.807, 2.05) is 0 Å². The van der Waals surface area contributed by atoms with Crippen LogP contribution in [0.4, 0.5) is 0 Å². The Hall–Kier alpha value is -0.520. The molecule has 0 bridgehead atoms. The fraction of sp³-hybridized carbons (Fsp3) is 0.733. The largest absolute Gasteiger partial charge is 0.0995 e. The van der Waals surface area contributed by atoms with E-state index >= 15 is 0 Å². The number of rotatable bonds is 1. The molecule has 0 heterocycles. The van der Waals surface area contributed by atoms with E-state index in [1.165, 1.54) is 37.7 Å². The smallest absolute Gasteiger partial charge is 0.0112 e. The average molecular weight is 204 g/mol. The fourth-order valence-electron chi connectivity index (χ4n) is 3.35. The first-order valence-corrected chi connectivity index (χ1v) is 6.39. The predicted molar refractivity (Wildman–Crippen MR) is 66.7 cm³/mol. The van der Waals surface area contributed by atoms with Crippen LogP contribution in [0.5, 0.6) is 0 Å². The second-order valence-corrected chi connectivity index (χ2v) is 6.06. The number of allylic oxidation sites excluding steroid dienone is 3. The Morgan fingerprint density at radius 3 is 2.87 bits per heavy atom. The minimum absolute atomic E-state index is 0.535. The highest BCUT2D eigenvalue weighted by atomic mass is 14.4. The van der Waals surface area contributed by atoms with Crippen molar-refractivity contribution in [3.05, 3.63) is 23.8 Å². The van der Waals surface area contributed by atoms with E-state index in [2.05, 4.69) is 33.4 Å². The Labute approximate surface area is 94.5 Å². The molecule has 2 aliphatic carbocycles. The van der Waals surface area contributed by atoms with E-state index in [9.17, 15) is 0 Å². The van der Waals surface area contributed by atoms with E-state index in [0.717, 1.165) is 11.8 Å². The van der Waals surface area contributed by atoms with Crippen molar-refractivity contribution in [2.45, 2.75) is 52.9 Å². The topological polar surface area (TPSA) is 0 Å². The molecule has 2 rings (SSSR count). The molecule has 0 aromatic carbocycles. The molecule has 1 fully saturated rings. The summed E-state index contributed by atoms with van der Waals surface area (Å²) in [5.41, 5.74) is 3.73.